The highest BCUT2D eigenvalue weighted by molar-refractivity contribution is 5.64. The molecule has 0 heterocycles. The van der Waals surface area contributed by atoms with E-state index in [0.29, 0.717) is 6.42 Å². The minimum atomic E-state index is 0.462. The summed E-state index contributed by atoms with van der Waals surface area (Å²) in [4.78, 5) is 0. The van der Waals surface area contributed by atoms with Crippen LogP contribution in [0.4, 0.5) is 0 Å². The van der Waals surface area contributed by atoms with Gasteiger partial charge in [0.1, 0.15) is 5.75 Å². The van der Waals surface area contributed by atoms with Crippen molar-refractivity contribution in [3.8, 4) is 22.9 Å². The van der Waals surface area contributed by atoms with Gasteiger partial charge in [0.25, 0.3) is 0 Å². The van der Waals surface area contributed by atoms with Gasteiger partial charge in [-0.05, 0) is 35.2 Å². The first-order chi connectivity index (χ1) is 9.33. The highest BCUT2D eigenvalue weighted by Crippen LogP contribution is 2.23. The minimum Gasteiger partial charge on any atom is -0.494 e. The van der Waals surface area contributed by atoms with E-state index < -0.39 is 0 Å². The van der Waals surface area contributed by atoms with Crippen LogP contribution in [-0.2, 0) is 6.42 Å². The zero-order chi connectivity index (χ0) is 13.5. The summed E-state index contributed by atoms with van der Waals surface area (Å²) in [7, 11) is 0. The van der Waals surface area contributed by atoms with Gasteiger partial charge in [0.15, 0.2) is 0 Å². The Kier molecular flexibility index (Phi) is 4.58. The summed E-state index contributed by atoms with van der Waals surface area (Å²) < 4.78 is 5.56. The van der Waals surface area contributed by atoms with Gasteiger partial charge in [0.05, 0.1) is 19.1 Å². The summed E-state index contributed by atoms with van der Waals surface area (Å²) in [5.74, 6) is 0.909. The van der Waals surface area contributed by atoms with Crippen LogP contribution in [0.3, 0.4) is 0 Å². The lowest BCUT2D eigenvalue weighted by molar-refractivity contribution is 0.317. The summed E-state index contributed by atoms with van der Waals surface area (Å²) >= 11 is 0. The molecule has 0 atom stereocenters. The van der Waals surface area contributed by atoms with E-state index >= 15 is 0 Å². The Morgan fingerprint density at radius 1 is 0.947 bits per heavy atom. The fourth-order valence-electron chi connectivity index (χ4n) is 1.87. The zero-order valence-electron chi connectivity index (χ0n) is 11.1. The maximum Gasteiger partial charge on any atom is 0.119 e. The van der Waals surface area contributed by atoms with Gasteiger partial charge >= 0.3 is 0 Å². The highest BCUT2D eigenvalue weighted by Gasteiger charge is 1.99. The average Bonchev–Trinajstić information content (AvgIpc) is 2.47. The Bertz CT molecular complexity index is 549. The summed E-state index contributed by atoms with van der Waals surface area (Å²) in [6.07, 6.45) is 1.48. The Hall–Kier alpha value is -2.27. The largest absolute Gasteiger partial charge is 0.494 e. The van der Waals surface area contributed by atoms with Crippen molar-refractivity contribution in [2.24, 2.45) is 0 Å². The van der Waals surface area contributed by atoms with E-state index in [9.17, 15) is 0 Å². The molecule has 0 N–H and O–H groups in total. The molecule has 0 unspecified atom stereocenters. The quantitative estimate of drug-likeness (QED) is 0.797. The second-order valence-corrected chi connectivity index (χ2v) is 4.40. The number of nitriles is 1. The molecule has 2 aromatic carbocycles. The van der Waals surface area contributed by atoms with Gasteiger partial charge in [-0.3, -0.25) is 0 Å². The van der Waals surface area contributed by atoms with Crippen molar-refractivity contribution in [1.29, 1.82) is 5.26 Å². The third kappa shape index (κ3) is 3.59. The molecule has 0 fully saturated rings. The van der Waals surface area contributed by atoms with Gasteiger partial charge in [-0.1, -0.05) is 43.3 Å². The number of nitrogens with zero attached hydrogens (tertiary/aromatic N) is 1. The van der Waals surface area contributed by atoms with E-state index in [0.717, 1.165) is 35.5 Å². The van der Waals surface area contributed by atoms with Gasteiger partial charge in [-0.15, -0.1) is 0 Å². The Morgan fingerprint density at radius 2 is 1.53 bits per heavy atom. The smallest absolute Gasteiger partial charge is 0.119 e. The molecule has 0 aliphatic carbocycles. The molecule has 2 aromatic rings. The number of ether oxygens (including phenoxy) is 1. The van der Waals surface area contributed by atoms with Crippen LogP contribution in [0.5, 0.6) is 5.75 Å². The minimum absolute atomic E-state index is 0.462. The van der Waals surface area contributed by atoms with Crippen molar-refractivity contribution in [3.63, 3.8) is 0 Å². The van der Waals surface area contributed by atoms with Crippen molar-refractivity contribution in [3.05, 3.63) is 54.1 Å². The molecule has 0 aromatic heterocycles. The number of benzene rings is 2. The molecular weight excluding hydrogens is 234 g/mol. The van der Waals surface area contributed by atoms with E-state index in [4.69, 9.17) is 10.00 Å². The molecule has 0 amide bonds. The van der Waals surface area contributed by atoms with Crippen LogP contribution in [-0.4, -0.2) is 6.61 Å². The summed E-state index contributed by atoms with van der Waals surface area (Å²) in [6, 6.07) is 18.4. The summed E-state index contributed by atoms with van der Waals surface area (Å²) in [5.41, 5.74) is 3.37. The lowest BCUT2D eigenvalue weighted by Crippen LogP contribution is -1.94. The predicted octanol–water partition coefficient (Wildman–Crippen LogP) is 4.21. The van der Waals surface area contributed by atoms with Gasteiger partial charge in [-0.2, -0.15) is 5.26 Å². The number of rotatable bonds is 5. The van der Waals surface area contributed by atoms with Gasteiger partial charge < -0.3 is 4.74 Å². The third-order valence-corrected chi connectivity index (χ3v) is 2.90. The molecule has 0 radical (unpaired) electrons. The standard InChI is InChI=1S/C17H17NO/c1-2-13-19-17-9-7-16(8-10-17)15-5-3-14(4-6-15)11-12-18/h3-10H,2,11,13H2,1H3. The first-order valence-electron chi connectivity index (χ1n) is 6.52. The van der Waals surface area contributed by atoms with Crippen LogP contribution in [0, 0.1) is 11.3 Å². The Balaban J connectivity index is 2.11. The second-order valence-electron chi connectivity index (χ2n) is 4.40. The van der Waals surface area contributed by atoms with Gasteiger partial charge in [-0.25, -0.2) is 0 Å². The third-order valence-electron chi connectivity index (χ3n) is 2.90. The van der Waals surface area contributed by atoms with Gasteiger partial charge in [0, 0.05) is 0 Å². The second kappa shape index (κ2) is 6.61. The molecule has 0 bridgehead atoms. The van der Waals surface area contributed by atoms with E-state index in [1.165, 1.54) is 0 Å². The normalized spacial score (nSPS) is 9.89. The van der Waals surface area contributed by atoms with E-state index in [-0.39, 0.29) is 0 Å². The van der Waals surface area contributed by atoms with Crippen molar-refractivity contribution in [2.45, 2.75) is 19.8 Å². The van der Waals surface area contributed by atoms with Crippen molar-refractivity contribution in [2.75, 3.05) is 6.61 Å². The van der Waals surface area contributed by atoms with Crippen LogP contribution in [0.15, 0.2) is 48.5 Å². The molecule has 96 valence electrons. The monoisotopic (exact) mass is 251 g/mol. The molecule has 2 rings (SSSR count). The first kappa shape index (κ1) is 13.2. The lowest BCUT2D eigenvalue weighted by Gasteiger charge is -2.06. The Labute approximate surface area is 114 Å². The van der Waals surface area contributed by atoms with Crippen LogP contribution in [0.25, 0.3) is 11.1 Å². The molecule has 2 heteroatoms. The molecular formula is C17H17NO. The molecule has 0 aliphatic rings. The molecule has 19 heavy (non-hydrogen) atoms. The van der Waals surface area contributed by atoms with E-state index in [1.54, 1.807) is 0 Å². The van der Waals surface area contributed by atoms with Crippen molar-refractivity contribution in [1.82, 2.24) is 0 Å². The predicted molar refractivity (Wildman–Crippen MR) is 77.0 cm³/mol. The summed E-state index contributed by atoms with van der Waals surface area (Å²) in [5, 5.41) is 8.64. The van der Waals surface area contributed by atoms with Crippen LogP contribution < -0.4 is 4.74 Å². The Morgan fingerprint density at radius 3 is 2.05 bits per heavy atom. The maximum atomic E-state index is 8.64. The fraction of sp³-hybridized carbons (Fsp3) is 0.235. The highest BCUT2D eigenvalue weighted by atomic mass is 16.5. The lowest BCUT2D eigenvalue weighted by atomic mass is 10.0. The number of hydrogen-bond acceptors (Lipinski definition) is 2. The SMILES string of the molecule is CCCOc1ccc(-c2ccc(CC#N)cc2)cc1. The molecule has 0 spiro atoms. The van der Waals surface area contributed by atoms with E-state index in [2.05, 4.69) is 37.3 Å². The zero-order valence-corrected chi connectivity index (χ0v) is 11.1. The van der Waals surface area contributed by atoms with Crippen LogP contribution in [0.2, 0.25) is 0 Å². The molecule has 0 aliphatic heterocycles. The molecule has 0 saturated carbocycles. The average molecular weight is 251 g/mol. The van der Waals surface area contributed by atoms with Crippen LogP contribution >= 0.6 is 0 Å². The molecule has 0 saturated heterocycles. The number of hydrogen-bond donors (Lipinski definition) is 0. The maximum absolute atomic E-state index is 8.64. The topological polar surface area (TPSA) is 33.0 Å². The first-order valence-corrected chi connectivity index (χ1v) is 6.52. The molecule has 2 nitrogen and oxygen atoms in total. The van der Waals surface area contributed by atoms with Crippen molar-refractivity contribution < 1.29 is 4.74 Å². The summed E-state index contributed by atoms with van der Waals surface area (Å²) in [6.45, 7) is 2.85. The van der Waals surface area contributed by atoms with Crippen LogP contribution in [0.1, 0.15) is 18.9 Å². The fourth-order valence-corrected chi connectivity index (χ4v) is 1.87. The van der Waals surface area contributed by atoms with E-state index in [1.807, 2.05) is 24.3 Å². The van der Waals surface area contributed by atoms with Gasteiger partial charge in [0.2, 0.25) is 0 Å². The van der Waals surface area contributed by atoms with Crippen molar-refractivity contribution >= 4 is 0 Å².